The number of amides is 1. The number of benzene rings is 1. The number of oxazole rings is 1. The van der Waals surface area contributed by atoms with Gasteiger partial charge in [-0.2, -0.15) is 0 Å². The van der Waals surface area contributed by atoms with Gasteiger partial charge in [-0.1, -0.05) is 32.9 Å². The van der Waals surface area contributed by atoms with Crippen LogP contribution >= 0.6 is 0 Å². The lowest BCUT2D eigenvalue weighted by Crippen LogP contribution is -2.34. The summed E-state index contributed by atoms with van der Waals surface area (Å²) in [6.07, 6.45) is 0.511. The monoisotopic (exact) mass is 372 g/mol. The van der Waals surface area contributed by atoms with Crippen molar-refractivity contribution in [3.05, 3.63) is 52.7 Å². The van der Waals surface area contributed by atoms with E-state index in [1.807, 2.05) is 13.8 Å². The van der Waals surface area contributed by atoms with Gasteiger partial charge in [-0.05, 0) is 26.0 Å². The summed E-state index contributed by atoms with van der Waals surface area (Å²) in [4.78, 5) is 31.2. The molecule has 0 unspecified atom stereocenters. The Balaban J connectivity index is 2.17. The maximum Gasteiger partial charge on any atom is 0.338 e. The smallest absolute Gasteiger partial charge is 0.338 e. The zero-order valence-corrected chi connectivity index (χ0v) is 17.0. The summed E-state index contributed by atoms with van der Waals surface area (Å²) in [6.45, 7) is 11.1. The minimum atomic E-state index is -0.520. The number of esters is 1. The molecule has 6 heteroatoms. The molecule has 0 N–H and O–H groups in total. The predicted molar refractivity (Wildman–Crippen MR) is 103 cm³/mol. The van der Waals surface area contributed by atoms with Crippen molar-refractivity contribution in [1.29, 1.82) is 0 Å². The highest BCUT2D eigenvalue weighted by atomic mass is 16.5. The number of aryl methyl sites for hydroxylation is 1. The maximum absolute atomic E-state index is 12.9. The number of methoxy groups -OCH3 is 1. The minimum absolute atomic E-state index is 0.0917. The molecule has 0 saturated carbocycles. The molecule has 0 saturated heterocycles. The predicted octanol–water partition coefficient (Wildman–Crippen LogP) is 3.77. The van der Waals surface area contributed by atoms with E-state index in [0.717, 1.165) is 11.5 Å². The Bertz CT molecular complexity index is 818. The molecular formula is C21H28N2O4. The first-order valence-electron chi connectivity index (χ1n) is 9.12. The Hall–Kier alpha value is -2.63. The van der Waals surface area contributed by atoms with Crippen molar-refractivity contribution in [2.24, 2.45) is 0 Å². The SMILES string of the molecule is CCN(CCc1nc(C(C)(C)C)c(C)o1)C(=O)c1ccccc1C(=O)OC. The van der Waals surface area contributed by atoms with E-state index in [9.17, 15) is 9.59 Å². The fourth-order valence-corrected chi connectivity index (χ4v) is 3.02. The quantitative estimate of drug-likeness (QED) is 0.722. The van der Waals surface area contributed by atoms with E-state index >= 15 is 0 Å². The van der Waals surface area contributed by atoms with Crippen molar-refractivity contribution in [3.8, 4) is 0 Å². The second-order valence-corrected chi connectivity index (χ2v) is 7.43. The third-order valence-corrected chi connectivity index (χ3v) is 4.38. The molecule has 0 aliphatic carbocycles. The van der Waals surface area contributed by atoms with Crippen molar-refractivity contribution < 1.29 is 18.7 Å². The molecule has 1 aromatic heterocycles. The van der Waals surface area contributed by atoms with Crippen LogP contribution in [0.1, 0.15) is 65.8 Å². The fourth-order valence-electron chi connectivity index (χ4n) is 3.02. The zero-order valence-electron chi connectivity index (χ0n) is 17.0. The number of rotatable bonds is 6. The van der Waals surface area contributed by atoms with Gasteiger partial charge in [0.15, 0.2) is 5.89 Å². The van der Waals surface area contributed by atoms with E-state index in [-0.39, 0.29) is 16.9 Å². The van der Waals surface area contributed by atoms with Gasteiger partial charge in [-0.3, -0.25) is 4.79 Å². The molecule has 27 heavy (non-hydrogen) atoms. The topological polar surface area (TPSA) is 72.6 Å². The Labute approximate surface area is 160 Å². The highest BCUT2D eigenvalue weighted by Gasteiger charge is 2.24. The second kappa shape index (κ2) is 8.37. The lowest BCUT2D eigenvalue weighted by Gasteiger charge is -2.21. The van der Waals surface area contributed by atoms with E-state index in [2.05, 4.69) is 25.8 Å². The summed E-state index contributed by atoms with van der Waals surface area (Å²) in [7, 11) is 1.30. The molecule has 0 bridgehead atoms. The van der Waals surface area contributed by atoms with Gasteiger partial charge in [0.1, 0.15) is 5.76 Å². The van der Waals surface area contributed by atoms with Crippen LogP contribution in [0.2, 0.25) is 0 Å². The Morgan fingerprint density at radius 3 is 2.33 bits per heavy atom. The number of likely N-dealkylation sites (N-methyl/N-ethyl adjacent to an activating group) is 1. The summed E-state index contributed by atoms with van der Waals surface area (Å²) in [5, 5.41) is 0. The lowest BCUT2D eigenvalue weighted by atomic mass is 9.91. The normalized spacial score (nSPS) is 11.3. The van der Waals surface area contributed by atoms with E-state index in [4.69, 9.17) is 9.15 Å². The Morgan fingerprint density at radius 2 is 1.81 bits per heavy atom. The average Bonchev–Trinajstić information content (AvgIpc) is 3.02. The molecule has 0 spiro atoms. The van der Waals surface area contributed by atoms with Crippen molar-refractivity contribution in [3.63, 3.8) is 0 Å². The summed E-state index contributed by atoms with van der Waals surface area (Å²) in [6, 6.07) is 6.69. The van der Waals surface area contributed by atoms with Gasteiger partial charge in [0.05, 0.1) is 23.9 Å². The number of hydrogen-bond donors (Lipinski definition) is 0. The largest absolute Gasteiger partial charge is 0.465 e. The first kappa shape index (κ1) is 20.7. The van der Waals surface area contributed by atoms with E-state index in [1.165, 1.54) is 7.11 Å². The van der Waals surface area contributed by atoms with E-state index in [0.29, 0.717) is 31.0 Å². The van der Waals surface area contributed by atoms with Crippen LogP contribution < -0.4 is 0 Å². The molecule has 1 aromatic carbocycles. The molecule has 0 radical (unpaired) electrons. The van der Waals surface area contributed by atoms with Gasteiger partial charge in [-0.25, -0.2) is 9.78 Å². The summed E-state index contributed by atoms with van der Waals surface area (Å²) < 4.78 is 10.6. The van der Waals surface area contributed by atoms with Gasteiger partial charge in [0, 0.05) is 24.9 Å². The molecule has 2 aromatic rings. The van der Waals surface area contributed by atoms with Crippen LogP contribution in [0.15, 0.2) is 28.7 Å². The number of aromatic nitrogens is 1. The van der Waals surface area contributed by atoms with Crippen molar-refractivity contribution in [2.75, 3.05) is 20.2 Å². The van der Waals surface area contributed by atoms with Crippen LogP contribution in [-0.2, 0) is 16.6 Å². The molecule has 0 fully saturated rings. The molecule has 0 aliphatic heterocycles. The molecule has 0 aliphatic rings. The van der Waals surface area contributed by atoms with Gasteiger partial charge in [-0.15, -0.1) is 0 Å². The molecule has 6 nitrogen and oxygen atoms in total. The summed E-state index contributed by atoms with van der Waals surface area (Å²) >= 11 is 0. The Morgan fingerprint density at radius 1 is 1.19 bits per heavy atom. The van der Waals surface area contributed by atoms with Crippen LogP contribution in [0, 0.1) is 6.92 Å². The van der Waals surface area contributed by atoms with Crippen molar-refractivity contribution in [1.82, 2.24) is 9.88 Å². The van der Waals surface area contributed by atoms with Gasteiger partial charge in [0.25, 0.3) is 5.91 Å². The van der Waals surface area contributed by atoms with Crippen LogP contribution in [0.4, 0.5) is 0 Å². The second-order valence-electron chi connectivity index (χ2n) is 7.43. The summed E-state index contributed by atoms with van der Waals surface area (Å²) in [5.74, 6) is 0.693. The number of carbonyl (C=O) groups is 2. The number of nitrogens with zero attached hydrogens (tertiary/aromatic N) is 2. The zero-order chi connectivity index (χ0) is 20.2. The minimum Gasteiger partial charge on any atom is -0.465 e. The number of ether oxygens (including phenoxy) is 1. The molecule has 1 amide bonds. The number of carbonyl (C=O) groups excluding carboxylic acids is 2. The lowest BCUT2D eigenvalue weighted by molar-refractivity contribution is 0.0590. The molecule has 146 valence electrons. The fraction of sp³-hybridized carbons (Fsp3) is 0.476. The first-order valence-corrected chi connectivity index (χ1v) is 9.12. The van der Waals surface area contributed by atoms with Crippen LogP contribution in [0.3, 0.4) is 0 Å². The van der Waals surface area contributed by atoms with Crippen LogP contribution in [-0.4, -0.2) is 42.0 Å². The van der Waals surface area contributed by atoms with Crippen LogP contribution in [0.5, 0.6) is 0 Å². The first-order chi connectivity index (χ1) is 12.7. The standard InChI is InChI=1S/C21H28N2O4/c1-7-23(13-12-17-22-18(14(2)27-17)21(3,4)5)19(24)15-10-8-9-11-16(15)20(25)26-6/h8-11H,7,12-13H2,1-6H3. The van der Waals surface area contributed by atoms with E-state index < -0.39 is 5.97 Å². The summed E-state index contributed by atoms with van der Waals surface area (Å²) in [5.41, 5.74) is 1.45. The molecule has 0 atom stereocenters. The van der Waals surface area contributed by atoms with Crippen molar-refractivity contribution >= 4 is 11.9 Å². The van der Waals surface area contributed by atoms with Gasteiger partial charge in [0.2, 0.25) is 0 Å². The van der Waals surface area contributed by atoms with E-state index in [1.54, 1.807) is 29.2 Å². The molecule has 1 heterocycles. The average molecular weight is 372 g/mol. The Kier molecular flexibility index (Phi) is 6.41. The molecular weight excluding hydrogens is 344 g/mol. The van der Waals surface area contributed by atoms with Gasteiger partial charge < -0.3 is 14.1 Å². The van der Waals surface area contributed by atoms with Crippen molar-refractivity contribution in [2.45, 2.75) is 46.5 Å². The maximum atomic E-state index is 12.9. The van der Waals surface area contributed by atoms with Gasteiger partial charge >= 0.3 is 5.97 Å². The third-order valence-electron chi connectivity index (χ3n) is 4.38. The highest BCUT2D eigenvalue weighted by Crippen LogP contribution is 2.25. The third kappa shape index (κ3) is 4.76. The van der Waals surface area contributed by atoms with Crippen LogP contribution in [0.25, 0.3) is 0 Å². The highest BCUT2D eigenvalue weighted by molar-refractivity contribution is 6.05. The number of hydrogen-bond acceptors (Lipinski definition) is 5. The molecule has 2 rings (SSSR count).